The number of nitrogens with two attached hydrogens (primary N) is 1. The first-order valence-corrected chi connectivity index (χ1v) is 8.37. The molecule has 1 aromatic carbocycles. The van der Waals surface area contributed by atoms with Gasteiger partial charge in [0.15, 0.2) is 0 Å². The molecular weight excluding hydrogens is 318 g/mol. The number of hydrogen-bond acceptors (Lipinski definition) is 5. The number of thiazole rings is 1. The lowest BCUT2D eigenvalue weighted by Crippen LogP contribution is -2.26. The van der Waals surface area contributed by atoms with Crippen LogP contribution in [0.25, 0.3) is 0 Å². The molecule has 0 unspecified atom stereocenters. The van der Waals surface area contributed by atoms with Crippen LogP contribution in [0, 0.1) is 6.92 Å². The van der Waals surface area contributed by atoms with E-state index in [1.165, 1.54) is 40.9 Å². The normalized spacial score (nSPS) is 12.0. The van der Waals surface area contributed by atoms with Crippen LogP contribution in [-0.4, -0.2) is 24.8 Å². The zero-order valence-corrected chi connectivity index (χ0v) is 13.4. The molecule has 0 bridgehead atoms. The summed E-state index contributed by atoms with van der Waals surface area (Å²) in [6.07, 6.45) is 1.68. The molecule has 2 N–H and O–H groups in total. The molecular formula is C12H14ClN3O2S2. The van der Waals surface area contributed by atoms with E-state index >= 15 is 0 Å². The van der Waals surface area contributed by atoms with Gasteiger partial charge in [-0.2, -0.15) is 4.31 Å². The summed E-state index contributed by atoms with van der Waals surface area (Å²) < 4.78 is 26.1. The highest BCUT2D eigenvalue weighted by molar-refractivity contribution is 7.89. The third kappa shape index (κ3) is 3.12. The number of nitrogens with zero attached hydrogens (tertiary/aromatic N) is 2. The van der Waals surface area contributed by atoms with Crippen molar-refractivity contribution < 1.29 is 8.42 Å². The summed E-state index contributed by atoms with van der Waals surface area (Å²) in [6.45, 7) is 2.15. The van der Waals surface area contributed by atoms with Crippen molar-refractivity contribution in [2.24, 2.45) is 0 Å². The number of rotatable bonds is 4. The van der Waals surface area contributed by atoms with Gasteiger partial charge in [-0.25, -0.2) is 13.4 Å². The molecule has 0 radical (unpaired) electrons. The molecule has 0 aliphatic carbocycles. The second-order valence-corrected chi connectivity index (χ2v) is 8.06. The van der Waals surface area contributed by atoms with E-state index in [4.69, 9.17) is 17.3 Å². The Balaban J connectivity index is 2.27. The van der Waals surface area contributed by atoms with E-state index in [1.807, 2.05) is 6.92 Å². The van der Waals surface area contributed by atoms with Gasteiger partial charge in [0.25, 0.3) is 0 Å². The topological polar surface area (TPSA) is 76.3 Å². The van der Waals surface area contributed by atoms with Gasteiger partial charge in [0.1, 0.15) is 0 Å². The van der Waals surface area contributed by atoms with Crippen molar-refractivity contribution in [3.63, 3.8) is 0 Å². The predicted molar refractivity (Wildman–Crippen MR) is 81.4 cm³/mol. The molecule has 1 heterocycles. The van der Waals surface area contributed by atoms with Gasteiger partial charge >= 0.3 is 0 Å². The molecule has 0 saturated carbocycles. The summed E-state index contributed by atoms with van der Waals surface area (Å²) in [5, 5.41) is 1.24. The molecule has 0 aliphatic heterocycles. The van der Waals surface area contributed by atoms with Crippen LogP contribution in [0.5, 0.6) is 0 Å². The number of nitrogen functional groups attached to an aromatic ring is 1. The fourth-order valence-electron chi connectivity index (χ4n) is 1.65. The molecule has 0 fully saturated rings. The third-order valence-electron chi connectivity index (χ3n) is 2.72. The van der Waals surface area contributed by atoms with E-state index < -0.39 is 10.0 Å². The van der Waals surface area contributed by atoms with Gasteiger partial charge in [0.05, 0.1) is 20.6 Å². The van der Waals surface area contributed by atoms with Crippen molar-refractivity contribution in [3.8, 4) is 0 Å². The number of benzene rings is 1. The molecule has 2 aromatic rings. The summed E-state index contributed by atoms with van der Waals surface area (Å²) in [5.41, 5.74) is 5.90. The number of hydrogen-bond donors (Lipinski definition) is 1. The smallest absolute Gasteiger partial charge is 0.243 e. The maximum atomic E-state index is 12.4. The number of anilines is 1. The summed E-state index contributed by atoms with van der Waals surface area (Å²) in [4.78, 5) is 5.12. The Bertz CT molecular complexity index is 728. The minimum absolute atomic E-state index is 0.128. The first-order chi connectivity index (χ1) is 9.30. The van der Waals surface area contributed by atoms with Gasteiger partial charge in [-0.3, -0.25) is 0 Å². The van der Waals surface area contributed by atoms with Crippen LogP contribution < -0.4 is 5.73 Å². The highest BCUT2D eigenvalue weighted by atomic mass is 35.5. The van der Waals surface area contributed by atoms with Crippen LogP contribution in [0.2, 0.25) is 5.02 Å². The maximum absolute atomic E-state index is 12.4. The van der Waals surface area contributed by atoms with E-state index in [0.717, 1.165) is 9.88 Å². The second kappa shape index (κ2) is 5.69. The number of aryl methyl sites for hydroxylation is 1. The van der Waals surface area contributed by atoms with Crippen molar-refractivity contribution in [3.05, 3.63) is 39.3 Å². The largest absolute Gasteiger partial charge is 0.397 e. The van der Waals surface area contributed by atoms with Crippen LogP contribution in [0.15, 0.2) is 29.3 Å². The molecule has 8 heteroatoms. The molecule has 0 saturated heterocycles. The Morgan fingerprint density at radius 2 is 2.15 bits per heavy atom. The van der Waals surface area contributed by atoms with Gasteiger partial charge in [-0.15, -0.1) is 11.3 Å². The Morgan fingerprint density at radius 1 is 1.45 bits per heavy atom. The first kappa shape index (κ1) is 15.2. The van der Waals surface area contributed by atoms with E-state index in [0.29, 0.717) is 5.02 Å². The van der Waals surface area contributed by atoms with Crippen LogP contribution in [0.4, 0.5) is 5.69 Å². The van der Waals surface area contributed by atoms with Gasteiger partial charge in [0, 0.05) is 24.7 Å². The average Bonchev–Trinajstić information content (AvgIpc) is 2.78. The Labute approximate surface area is 127 Å². The third-order valence-corrected chi connectivity index (χ3v) is 5.76. The van der Waals surface area contributed by atoms with Crippen LogP contribution >= 0.6 is 22.9 Å². The zero-order chi connectivity index (χ0) is 14.9. The minimum Gasteiger partial charge on any atom is -0.397 e. The molecule has 20 heavy (non-hydrogen) atoms. The van der Waals surface area contributed by atoms with Crippen molar-refractivity contribution >= 4 is 38.6 Å². The maximum Gasteiger partial charge on any atom is 0.243 e. The van der Waals surface area contributed by atoms with Crippen molar-refractivity contribution in [1.29, 1.82) is 0 Å². The fraction of sp³-hybridized carbons (Fsp3) is 0.250. The van der Waals surface area contributed by atoms with E-state index in [1.54, 1.807) is 6.20 Å². The van der Waals surface area contributed by atoms with E-state index in [-0.39, 0.29) is 17.1 Å². The Kier molecular flexibility index (Phi) is 4.33. The lowest BCUT2D eigenvalue weighted by Gasteiger charge is -2.16. The van der Waals surface area contributed by atoms with E-state index in [2.05, 4.69) is 4.98 Å². The number of halogens is 1. The number of sulfonamides is 1. The second-order valence-electron chi connectivity index (χ2n) is 4.29. The van der Waals surface area contributed by atoms with Crippen molar-refractivity contribution in [2.75, 3.05) is 12.8 Å². The quantitative estimate of drug-likeness (QED) is 0.873. The molecule has 0 amide bonds. The summed E-state index contributed by atoms with van der Waals surface area (Å²) in [7, 11) is -2.07. The summed E-state index contributed by atoms with van der Waals surface area (Å²) in [5.74, 6) is 0. The average molecular weight is 332 g/mol. The highest BCUT2D eigenvalue weighted by Crippen LogP contribution is 2.25. The lowest BCUT2D eigenvalue weighted by molar-refractivity contribution is 0.469. The lowest BCUT2D eigenvalue weighted by atomic mass is 10.3. The molecule has 2 rings (SSSR count). The molecule has 108 valence electrons. The highest BCUT2D eigenvalue weighted by Gasteiger charge is 2.22. The Morgan fingerprint density at radius 3 is 2.70 bits per heavy atom. The monoisotopic (exact) mass is 331 g/mol. The van der Waals surface area contributed by atoms with Crippen LogP contribution in [0.3, 0.4) is 0 Å². The van der Waals surface area contributed by atoms with Gasteiger partial charge in [0.2, 0.25) is 10.0 Å². The van der Waals surface area contributed by atoms with Crippen molar-refractivity contribution in [1.82, 2.24) is 9.29 Å². The molecule has 0 atom stereocenters. The molecule has 5 nitrogen and oxygen atoms in total. The van der Waals surface area contributed by atoms with Crippen LogP contribution in [-0.2, 0) is 16.6 Å². The van der Waals surface area contributed by atoms with Crippen LogP contribution in [0.1, 0.15) is 9.88 Å². The standard InChI is InChI=1S/C12H14ClN3O2S2/c1-8-15-6-9(19-8)7-16(2)20(17,18)10-3-4-11(13)12(14)5-10/h3-6H,7,14H2,1-2H3. The summed E-state index contributed by atoms with van der Waals surface area (Å²) in [6, 6.07) is 4.29. The zero-order valence-electron chi connectivity index (χ0n) is 11.0. The molecule has 1 aromatic heterocycles. The summed E-state index contributed by atoms with van der Waals surface area (Å²) >= 11 is 7.27. The first-order valence-electron chi connectivity index (χ1n) is 5.73. The number of aromatic nitrogens is 1. The van der Waals surface area contributed by atoms with Gasteiger partial charge in [-0.05, 0) is 25.1 Å². The van der Waals surface area contributed by atoms with Gasteiger partial charge < -0.3 is 5.73 Å². The Hall–Kier alpha value is -1.15. The van der Waals surface area contributed by atoms with Gasteiger partial charge in [-0.1, -0.05) is 11.6 Å². The fourth-order valence-corrected chi connectivity index (χ4v) is 3.88. The van der Waals surface area contributed by atoms with Crippen molar-refractivity contribution in [2.45, 2.75) is 18.4 Å². The predicted octanol–water partition coefficient (Wildman–Crippen LogP) is 2.51. The van der Waals surface area contributed by atoms with E-state index in [9.17, 15) is 8.42 Å². The minimum atomic E-state index is -3.59. The molecule has 0 spiro atoms. The molecule has 0 aliphatic rings. The SMILES string of the molecule is Cc1ncc(CN(C)S(=O)(=O)c2ccc(Cl)c(N)c2)s1.